The van der Waals surface area contributed by atoms with Gasteiger partial charge < -0.3 is 20.1 Å². The highest BCUT2D eigenvalue weighted by atomic mass is 35.5. The molecule has 122 valence electrons. The van der Waals surface area contributed by atoms with Crippen LogP contribution in [0.1, 0.15) is 22.3 Å². The Balaban J connectivity index is 0.00000242. The molecule has 2 N–H and O–H groups in total. The molecule has 1 aromatic rings. The molecule has 0 spiro atoms. The van der Waals surface area contributed by atoms with E-state index in [4.69, 9.17) is 9.47 Å². The van der Waals surface area contributed by atoms with Crippen molar-refractivity contribution in [2.24, 2.45) is 0 Å². The summed E-state index contributed by atoms with van der Waals surface area (Å²) in [6.45, 7) is 4.32. The van der Waals surface area contributed by atoms with Crippen LogP contribution in [-0.4, -0.2) is 39.8 Å². The zero-order valence-electron chi connectivity index (χ0n) is 13.2. The van der Waals surface area contributed by atoms with Gasteiger partial charge in [-0.3, -0.25) is 4.79 Å². The van der Waals surface area contributed by atoms with Gasteiger partial charge in [0.1, 0.15) is 11.5 Å². The van der Waals surface area contributed by atoms with Crippen molar-refractivity contribution in [2.45, 2.75) is 13.3 Å². The van der Waals surface area contributed by atoms with E-state index in [1.807, 2.05) is 6.92 Å². The molecule has 0 bridgehead atoms. The molecule has 0 aromatic heterocycles. The maximum absolute atomic E-state index is 12.3. The van der Waals surface area contributed by atoms with Crippen LogP contribution in [0.15, 0.2) is 23.8 Å². The number of halogens is 1. The number of nitrogens with one attached hydrogen (secondary N) is 2. The fourth-order valence-electron chi connectivity index (χ4n) is 2.34. The Morgan fingerprint density at radius 2 is 1.91 bits per heavy atom. The summed E-state index contributed by atoms with van der Waals surface area (Å²) in [5.41, 5.74) is 2.69. The van der Waals surface area contributed by atoms with Crippen molar-refractivity contribution < 1.29 is 14.3 Å². The second-order valence-corrected chi connectivity index (χ2v) is 5.00. The minimum atomic E-state index is -0.119. The number of hydrogen-bond acceptors (Lipinski definition) is 4. The van der Waals surface area contributed by atoms with Crippen molar-refractivity contribution >= 4 is 18.3 Å². The normalized spacial score (nSPS) is 13.7. The average molecular weight is 327 g/mol. The summed E-state index contributed by atoms with van der Waals surface area (Å²) in [6, 6.07) is 3.48. The first-order valence-corrected chi connectivity index (χ1v) is 7.05. The number of methoxy groups -OCH3 is 2. The average Bonchev–Trinajstić information content (AvgIpc) is 2.53. The quantitative estimate of drug-likeness (QED) is 0.813. The summed E-state index contributed by atoms with van der Waals surface area (Å²) in [5, 5.41) is 6.19. The molecular weight excluding hydrogens is 304 g/mol. The van der Waals surface area contributed by atoms with Crippen LogP contribution in [0, 0.1) is 6.92 Å². The van der Waals surface area contributed by atoms with E-state index in [9.17, 15) is 4.79 Å². The summed E-state index contributed by atoms with van der Waals surface area (Å²) < 4.78 is 10.6. The van der Waals surface area contributed by atoms with E-state index in [2.05, 4.69) is 16.7 Å². The highest BCUT2D eigenvalue weighted by Gasteiger charge is 2.14. The number of carbonyl (C=O) groups is 1. The number of rotatable bonds is 5. The first kappa shape index (κ1) is 18.3. The van der Waals surface area contributed by atoms with Crippen molar-refractivity contribution in [3.63, 3.8) is 0 Å². The van der Waals surface area contributed by atoms with Gasteiger partial charge in [-0.15, -0.1) is 12.4 Å². The largest absolute Gasteiger partial charge is 0.496 e. The van der Waals surface area contributed by atoms with E-state index in [0.29, 0.717) is 23.6 Å². The minimum absolute atomic E-state index is 0. The molecule has 1 heterocycles. The molecule has 6 heteroatoms. The fraction of sp³-hybridized carbons (Fsp3) is 0.438. The Kier molecular flexibility index (Phi) is 7.21. The van der Waals surface area contributed by atoms with Crippen molar-refractivity contribution in [3.05, 3.63) is 34.9 Å². The van der Waals surface area contributed by atoms with Crippen molar-refractivity contribution in [1.29, 1.82) is 0 Å². The Bertz CT molecular complexity index is 533. The second-order valence-electron chi connectivity index (χ2n) is 5.00. The van der Waals surface area contributed by atoms with Gasteiger partial charge in [0, 0.05) is 24.2 Å². The summed E-state index contributed by atoms with van der Waals surface area (Å²) in [4.78, 5) is 12.3. The maximum Gasteiger partial charge on any atom is 0.251 e. The molecule has 0 fully saturated rings. The number of carbonyl (C=O) groups excluding carboxylic acids is 1. The summed E-state index contributed by atoms with van der Waals surface area (Å²) >= 11 is 0. The fourth-order valence-corrected chi connectivity index (χ4v) is 2.34. The number of benzene rings is 1. The van der Waals surface area contributed by atoms with Crippen LogP contribution in [0.25, 0.3) is 0 Å². The SMILES string of the molecule is COc1cc(C(=O)NCC2=CCNCC2)cc(OC)c1C.Cl. The van der Waals surface area contributed by atoms with Crippen LogP contribution in [0.5, 0.6) is 11.5 Å². The van der Waals surface area contributed by atoms with Gasteiger partial charge in [-0.1, -0.05) is 11.6 Å². The number of ether oxygens (including phenoxy) is 2. The van der Waals surface area contributed by atoms with Crippen LogP contribution in [-0.2, 0) is 0 Å². The Morgan fingerprint density at radius 1 is 1.27 bits per heavy atom. The topological polar surface area (TPSA) is 59.6 Å². The molecule has 22 heavy (non-hydrogen) atoms. The van der Waals surface area contributed by atoms with Gasteiger partial charge in [0.15, 0.2) is 0 Å². The third kappa shape index (κ3) is 4.39. The van der Waals surface area contributed by atoms with E-state index in [1.54, 1.807) is 26.4 Å². The van der Waals surface area contributed by atoms with Gasteiger partial charge in [0.25, 0.3) is 5.91 Å². The van der Waals surface area contributed by atoms with Crippen LogP contribution >= 0.6 is 12.4 Å². The molecular formula is C16H23ClN2O3. The third-order valence-electron chi connectivity index (χ3n) is 3.65. The first-order chi connectivity index (χ1) is 10.2. The van der Waals surface area contributed by atoms with E-state index in [0.717, 1.165) is 25.1 Å². The number of amides is 1. The predicted octanol–water partition coefficient (Wildman–Crippen LogP) is 2.08. The molecule has 1 amide bonds. The molecule has 0 atom stereocenters. The Morgan fingerprint density at radius 3 is 2.41 bits per heavy atom. The van der Waals surface area contributed by atoms with E-state index >= 15 is 0 Å². The Labute approximate surface area is 137 Å². The highest BCUT2D eigenvalue weighted by Crippen LogP contribution is 2.29. The zero-order chi connectivity index (χ0) is 15.2. The molecule has 0 unspecified atom stereocenters. The molecule has 0 radical (unpaired) electrons. The molecule has 1 aliphatic heterocycles. The van der Waals surface area contributed by atoms with Crippen molar-refractivity contribution in [3.8, 4) is 11.5 Å². The summed E-state index contributed by atoms with van der Waals surface area (Å²) in [5.74, 6) is 1.19. The van der Waals surface area contributed by atoms with Gasteiger partial charge in [-0.05, 0) is 32.0 Å². The number of hydrogen-bond donors (Lipinski definition) is 2. The minimum Gasteiger partial charge on any atom is -0.496 e. The predicted molar refractivity (Wildman–Crippen MR) is 89.4 cm³/mol. The smallest absolute Gasteiger partial charge is 0.251 e. The molecule has 1 aromatic carbocycles. The van der Waals surface area contributed by atoms with Crippen LogP contribution < -0.4 is 20.1 Å². The second kappa shape index (κ2) is 8.66. The third-order valence-corrected chi connectivity index (χ3v) is 3.65. The van der Waals surface area contributed by atoms with Crippen LogP contribution in [0.3, 0.4) is 0 Å². The maximum atomic E-state index is 12.3. The molecule has 1 aliphatic rings. The lowest BCUT2D eigenvalue weighted by Crippen LogP contribution is -2.29. The first-order valence-electron chi connectivity index (χ1n) is 7.05. The van der Waals surface area contributed by atoms with Gasteiger partial charge in [0.2, 0.25) is 0 Å². The molecule has 0 aliphatic carbocycles. The summed E-state index contributed by atoms with van der Waals surface area (Å²) in [7, 11) is 3.17. The lowest BCUT2D eigenvalue weighted by molar-refractivity contribution is 0.0956. The monoisotopic (exact) mass is 326 g/mol. The molecule has 0 saturated heterocycles. The lowest BCUT2D eigenvalue weighted by Gasteiger charge is -2.16. The van der Waals surface area contributed by atoms with Crippen LogP contribution in [0.2, 0.25) is 0 Å². The van der Waals surface area contributed by atoms with Gasteiger partial charge >= 0.3 is 0 Å². The van der Waals surface area contributed by atoms with E-state index < -0.39 is 0 Å². The standard InChI is InChI=1S/C16H22N2O3.ClH/c1-11-14(20-2)8-13(9-15(11)21-3)16(19)18-10-12-4-6-17-7-5-12;/h4,8-9,17H,5-7,10H2,1-3H3,(H,18,19);1H. The molecule has 0 saturated carbocycles. The highest BCUT2D eigenvalue weighted by molar-refractivity contribution is 5.95. The van der Waals surface area contributed by atoms with Gasteiger partial charge in [-0.25, -0.2) is 0 Å². The van der Waals surface area contributed by atoms with Gasteiger partial charge in [0.05, 0.1) is 14.2 Å². The summed E-state index contributed by atoms with van der Waals surface area (Å²) in [6.07, 6.45) is 3.10. The Hall–Kier alpha value is -1.72. The van der Waals surface area contributed by atoms with E-state index in [1.165, 1.54) is 5.57 Å². The van der Waals surface area contributed by atoms with Crippen LogP contribution in [0.4, 0.5) is 0 Å². The molecule has 5 nitrogen and oxygen atoms in total. The van der Waals surface area contributed by atoms with Crippen molar-refractivity contribution in [1.82, 2.24) is 10.6 Å². The van der Waals surface area contributed by atoms with Crippen molar-refractivity contribution in [2.75, 3.05) is 33.9 Å². The van der Waals surface area contributed by atoms with E-state index in [-0.39, 0.29) is 18.3 Å². The van der Waals surface area contributed by atoms with Gasteiger partial charge in [-0.2, -0.15) is 0 Å². The lowest BCUT2D eigenvalue weighted by atomic mass is 10.1. The zero-order valence-corrected chi connectivity index (χ0v) is 14.0. The molecule has 2 rings (SSSR count).